The molecule has 2 aromatic rings. The molecule has 2 rings (SSSR count). The number of ether oxygens (including phenoxy) is 1. The van der Waals surface area contributed by atoms with Gasteiger partial charge in [-0.15, -0.1) is 0 Å². The van der Waals surface area contributed by atoms with Crippen molar-refractivity contribution < 1.29 is 4.74 Å². The van der Waals surface area contributed by atoms with Gasteiger partial charge in [-0.25, -0.2) is 0 Å². The molecule has 4 heteroatoms. The Hall–Kier alpha value is -1.65. The van der Waals surface area contributed by atoms with Crippen molar-refractivity contribution in [1.82, 2.24) is 15.1 Å². The summed E-state index contributed by atoms with van der Waals surface area (Å²) >= 11 is 0. The summed E-state index contributed by atoms with van der Waals surface area (Å²) in [6, 6.07) is 10.7. The minimum absolute atomic E-state index is 0.0721. The monoisotopic (exact) mass is 287 g/mol. The summed E-state index contributed by atoms with van der Waals surface area (Å²) < 4.78 is 7.61. The zero-order valence-corrected chi connectivity index (χ0v) is 13.1. The van der Waals surface area contributed by atoms with Crippen molar-refractivity contribution >= 4 is 0 Å². The van der Waals surface area contributed by atoms with Crippen LogP contribution in [0.25, 0.3) is 0 Å². The van der Waals surface area contributed by atoms with E-state index < -0.39 is 0 Å². The molecular weight excluding hydrogens is 262 g/mol. The zero-order valence-electron chi connectivity index (χ0n) is 13.1. The Kier molecular flexibility index (Phi) is 5.96. The molecule has 0 saturated heterocycles. The Balaban J connectivity index is 2.05. The fourth-order valence-electron chi connectivity index (χ4n) is 2.72. The normalized spacial score (nSPS) is 14.0. The van der Waals surface area contributed by atoms with Gasteiger partial charge in [-0.3, -0.25) is 4.68 Å². The number of benzene rings is 1. The second kappa shape index (κ2) is 7.96. The van der Waals surface area contributed by atoms with E-state index in [1.807, 2.05) is 24.0 Å². The van der Waals surface area contributed by atoms with E-state index in [1.165, 1.54) is 11.1 Å². The highest BCUT2D eigenvalue weighted by molar-refractivity contribution is 5.19. The molecule has 0 aliphatic heterocycles. The summed E-state index contributed by atoms with van der Waals surface area (Å²) in [5, 5.41) is 7.79. The number of nitrogens with one attached hydrogen (secondary N) is 1. The highest BCUT2D eigenvalue weighted by Gasteiger charge is 2.22. The lowest BCUT2D eigenvalue weighted by Gasteiger charge is -2.27. The average molecular weight is 287 g/mol. The van der Waals surface area contributed by atoms with Crippen LogP contribution in [0, 0.1) is 0 Å². The van der Waals surface area contributed by atoms with Crippen LogP contribution in [0.1, 0.15) is 30.6 Å². The van der Waals surface area contributed by atoms with Gasteiger partial charge in [-0.05, 0) is 30.5 Å². The molecule has 0 spiro atoms. The quantitative estimate of drug-likeness (QED) is 0.811. The number of methoxy groups -OCH3 is 1. The molecule has 2 atom stereocenters. The van der Waals surface area contributed by atoms with Gasteiger partial charge in [0.15, 0.2) is 0 Å². The van der Waals surface area contributed by atoms with Crippen LogP contribution in [0.4, 0.5) is 0 Å². The Morgan fingerprint density at radius 1 is 1.29 bits per heavy atom. The van der Waals surface area contributed by atoms with Crippen molar-refractivity contribution in [2.45, 2.75) is 31.9 Å². The van der Waals surface area contributed by atoms with Crippen LogP contribution in [0.3, 0.4) is 0 Å². The maximum absolute atomic E-state index is 5.76. The summed E-state index contributed by atoms with van der Waals surface area (Å²) in [7, 11) is 3.74. The molecule has 1 aromatic heterocycles. The second-order valence-electron chi connectivity index (χ2n) is 5.29. The first-order chi connectivity index (χ1) is 10.2. The lowest BCUT2D eigenvalue weighted by atomic mass is 9.97. The third-order valence-electron chi connectivity index (χ3n) is 3.72. The highest BCUT2D eigenvalue weighted by Crippen LogP contribution is 2.23. The Labute approximate surface area is 127 Å². The molecule has 114 valence electrons. The van der Waals surface area contributed by atoms with Crippen molar-refractivity contribution in [3.05, 3.63) is 53.9 Å². The zero-order chi connectivity index (χ0) is 15.1. The largest absolute Gasteiger partial charge is 0.375 e. The van der Waals surface area contributed by atoms with Gasteiger partial charge in [0.1, 0.15) is 0 Å². The van der Waals surface area contributed by atoms with Crippen molar-refractivity contribution in [3.8, 4) is 0 Å². The number of likely N-dealkylation sites (N-methyl/N-ethyl adjacent to an activating group) is 1. The minimum Gasteiger partial charge on any atom is -0.375 e. The van der Waals surface area contributed by atoms with Crippen LogP contribution in [0.2, 0.25) is 0 Å². The van der Waals surface area contributed by atoms with E-state index in [2.05, 4.69) is 47.8 Å². The lowest BCUT2D eigenvalue weighted by molar-refractivity contribution is 0.0655. The molecule has 2 unspecified atom stereocenters. The summed E-state index contributed by atoms with van der Waals surface area (Å²) in [6.07, 6.45) is 6.11. The molecule has 1 heterocycles. The molecule has 0 aliphatic rings. The van der Waals surface area contributed by atoms with Crippen molar-refractivity contribution in [2.24, 2.45) is 7.05 Å². The summed E-state index contributed by atoms with van der Waals surface area (Å²) in [5.74, 6) is 0. The maximum atomic E-state index is 5.76. The molecule has 0 bridgehead atoms. The number of rotatable bonds is 8. The van der Waals surface area contributed by atoms with Crippen molar-refractivity contribution in [1.29, 1.82) is 0 Å². The number of hydrogen-bond acceptors (Lipinski definition) is 3. The first kappa shape index (κ1) is 15.7. The Morgan fingerprint density at radius 3 is 2.62 bits per heavy atom. The molecule has 0 fully saturated rings. The average Bonchev–Trinajstić information content (AvgIpc) is 2.92. The molecular formula is C17H25N3O. The third-order valence-corrected chi connectivity index (χ3v) is 3.72. The van der Waals surface area contributed by atoms with Gasteiger partial charge in [0.25, 0.3) is 0 Å². The van der Waals surface area contributed by atoms with Gasteiger partial charge in [-0.2, -0.15) is 5.10 Å². The number of aromatic nitrogens is 2. The van der Waals surface area contributed by atoms with Crippen molar-refractivity contribution in [2.75, 3.05) is 13.7 Å². The fraction of sp³-hybridized carbons (Fsp3) is 0.471. The van der Waals surface area contributed by atoms with E-state index in [0.717, 1.165) is 19.4 Å². The first-order valence-corrected chi connectivity index (χ1v) is 7.53. The Bertz CT molecular complexity index is 524. The van der Waals surface area contributed by atoms with E-state index in [1.54, 1.807) is 7.11 Å². The summed E-state index contributed by atoms with van der Waals surface area (Å²) in [5.41, 5.74) is 2.49. The first-order valence-electron chi connectivity index (χ1n) is 7.53. The molecule has 1 N–H and O–H groups in total. The number of aryl methyl sites for hydroxylation is 2. The predicted molar refractivity (Wildman–Crippen MR) is 85.2 cm³/mol. The number of hydrogen-bond donors (Lipinski definition) is 1. The van der Waals surface area contributed by atoms with Crippen molar-refractivity contribution in [3.63, 3.8) is 0 Å². The molecule has 4 nitrogen and oxygen atoms in total. The van der Waals surface area contributed by atoms with Crippen LogP contribution in [-0.2, 0) is 18.2 Å². The van der Waals surface area contributed by atoms with Crippen LogP contribution >= 0.6 is 0 Å². The topological polar surface area (TPSA) is 39.1 Å². The van der Waals surface area contributed by atoms with Crippen LogP contribution in [-0.4, -0.2) is 29.5 Å². The third kappa shape index (κ3) is 4.41. The Morgan fingerprint density at radius 2 is 2.05 bits per heavy atom. The van der Waals surface area contributed by atoms with Gasteiger partial charge < -0.3 is 10.1 Å². The van der Waals surface area contributed by atoms with E-state index in [0.29, 0.717) is 6.04 Å². The summed E-state index contributed by atoms with van der Waals surface area (Å²) in [4.78, 5) is 0. The molecule has 0 saturated carbocycles. The second-order valence-corrected chi connectivity index (χ2v) is 5.29. The van der Waals surface area contributed by atoms with Gasteiger partial charge in [0.05, 0.1) is 12.3 Å². The molecule has 1 aromatic carbocycles. The summed E-state index contributed by atoms with van der Waals surface area (Å²) in [6.45, 7) is 3.07. The van der Waals surface area contributed by atoms with E-state index in [9.17, 15) is 0 Å². The predicted octanol–water partition coefficient (Wildman–Crippen LogP) is 2.72. The minimum atomic E-state index is 0.0721. The van der Waals surface area contributed by atoms with Gasteiger partial charge >= 0.3 is 0 Å². The molecule has 0 aliphatic carbocycles. The van der Waals surface area contributed by atoms with Gasteiger partial charge in [-0.1, -0.05) is 37.3 Å². The van der Waals surface area contributed by atoms with Crippen LogP contribution in [0.5, 0.6) is 0 Å². The van der Waals surface area contributed by atoms with Gasteiger partial charge in [0.2, 0.25) is 0 Å². The molecule has 0 radical (unpaired) electrons. The van der Waals surface area contributed by atoms with E-state index in [-0.39, 0.29) is 6.10 Å². The van der Waals surface area contributed by atoms with Crippen LogP contribution in [0.15, 0.2) is 42.7 Å². The van der Waals surface area contributed by atoms with E-state index in [4.69, 9.17) is 4.74 Å². The maximum Gasteiger partial charge on any atom is 0.0974 e. The fourth-order valence-corrected chi connectivity index (χ4v) is 2.72. The standard InChI is InChI=1S/C17H25N3O/c1-4-18-16(11-10-14-12-19-20(2)13-14)17(21-3)15-8-6-5-7-9-15/h5-9,12-13,16-18H,4,10-11H2,1-3H3. The van der Waals surface area contributed by atoms with Crippen LogP contribution < -0.4 is 5.32 Å². The highest BCUT2D eigenvalue weighted by atomic mass is 16.5. The lowest BCUT2D eigenvalue weighted by Crippen LogP contribution is -2.36. The van der Waals surface area contributed by atoms with Gasteiger partial charge in [0, 0.05) is 26.4 Å². The van der Waals surface area contributed by atoms with E-state index >= 15 is 0 Å². The molecule has 21 heavy (non-hydrogen) atoms. The SMILES string of the molecule is CCNC(CCc1cnn(C)c1)C(OC)c1ccccc1. The molecule has 0 amide bonds. The number of nitrogens with zero attached hydrogens (tertiary/aromatic N) is 2. The smallest absolute Gasteiger partial charge is 0.0974 e.